The lowest BCUT2D eigenvalue weighted by Gasteiger charge is -2.28. The number of carbonyl (C=O) groups excluding carboxylic acids is 1. The van der Waals surface area contributed by atoms with E-state index in [0.717, 1.165) is 13.1 Å². The lowest BCUT2D eigenvalue weighted by atomic mass is 10.2. The van der Waals surface area contributed by atoms with Crippen LogP contribution in [0, 0.1) is 5.92 Å². The summed E-state index contributed by atoms with van der Waals surface area (Å²) in [7, 11) is 0. The van der Waals surface area contributed by atoms with E-state index in [1.165, 1.54) is 30.6 Å². The van der Waals surface area contributed by atoms with Crippen LogP contribution in [0.1, 0.15) is 44.4 Å². The fourth-order valence-corrected chi connectivity index (χ4v) is 3.58. The smallest absolute Gasteiger partial charge is 0.237 e. The average molecular weight is 306 g/mol. The normalized spacial score (nSPS) is 18.5. The number of thiophene rings is 1. The molecule has 0 aromatic carbocycles. The lowest BCUT2D eigenvalue weighted by molar-refractivity contribution is -0.133. The first-order valence-electron chi connectivity index (χ1n) is 8.19. The Labute approximate surface area is 131 Å². The van der Waals surface area contributed by atoms with Crippen molar-refractivity contribution in [3.63, 3.8) is 0 Å². The number of nitrogens with zero attached hydrogens (tertiary/aromatic N) is 2. The molecule has 1 heterocycles. The Bertz CT molecular complexity index is 463. The molecule has 4 heteroatoms. The van der Waals surface area contributed by atoms with Crippen LogP contribution in [0.25, 0.3) is 0 Å². The third kappa shape index (κ3) is 4.30. The molecule has 3 nitrogen and oxygen atoms in total. The molecule has 1 aromatic heterocycles. The molecule has 116 valence electrons. The van der Waals surface area contributed by atoms with E-state index in [-0.39, 0.29) is 0 Å². The van der Waals surface area contributed by atoms with Crippen LogP contribution in [0.2, 0.25) is 0 Å². The summed E-state index contributed by atoms with van der Waals surface area (Å²) in [5, 5.41) is 2.12. The molecule has 1 amide bonds. The molecular formula is C17H26N2OS. The predicted octanol–water partition coefficient (Wildman–Crippen LogP) is 3.36. The molecule has 0 atom stereocenters. The average Bonchev–Trinajstić information content (AvgIpc) is 3.35. The molecule has 1 aromatic rings. The molecule has 0 aliphatic heterocycles. The van der Waals surface area contributed by atoms with Crippen molar-refractivity contribution >= 4 is 17.2 Å². The van der Waals surface area contributed by atoms with Crippen molar-refractivity contribution < 1.29 is 4.79 Å². The van der Waals surface area contributed by atoms with Crippen LogP contribution in [-0.2, 0) is 11.3 Å². The molecule has 3 rings (SSSR count). The second-order valence-corrected chi connectivity index (χ2v) is 7.92. The molecule has 2 aliphatic carbocycles. The number of hydrogen-bond acceptors (Lipinski definition) is 3. The molecule has 21 heavy (non-hydrogen) atoms. The number of hydrogen-bond donors (Lipinski definition) is 0. The van der Waals surface area contributed by atoms with Gasteiger partial charge in [0.15, 0.2) is 0 Å². The van der Waals surface area contributed by atoms with E-state index in [9.17, 15) is 4.79 Å². The highest BCUT2D eigenvalue weighted by atomic mass is 32.1. The summed E-state index contributed by atoms with van der Waals surface area (Å²) in [6.45, 7) is 6.86. The largest absolute Gasteiger partial charge is 0.338 e. The maximum absolute atomic E-state index is 12.7. The van der Waals surface area contributed by atoms with E-state index >= 15 is 0 Å². The van der Waals surface area contributed by atoms with Crippen LogP contribution in [0.15, 0.2) is 17.5 Å². The van der Waals surface area contributed by atoms with E-state index in [4.69, 9.17) is 0 Å². The Morgan fingerprint density at radius 2 is 2.00 bits per heavy atom. The SMILES string of the molecule is CC(C)CN(C(=O)CN(Cc1cccs1)C1CC1)C1CC1. The van der Waals surface area contributed by atoms with E-state index in [0.29, 0.717) is 30.5 Å². The van der Waals surface area contributed by atoms with Gasteiger partial charge < -0.3 is 4.90 Å². The van der Waals surface area contributed by atoms with Crippen molar-refractivity contribution in [3.8, 4) is 0 Å². The monoisotopic (exact) mass is 306 g/mol. The van der Waals surface area contributed by atoms with Crippen LogP contribution in [0.3, 0.4) is 0 Å². The van der Waals surface area contributed by atoms with Gasteiger partial charge in [-0.2, -0.15) is 0 Å². The molecule has 2 saturated carbocycles. The van der Waals surface area contributed by atoms with Crippen LogP contribution >= 0.6 is 11.3 Å². The minimum Gasteiger partial charge on any atom is -0.338 e. The minimum absolute atomic E-state index is 0.342. The van der Waals surface area contributed by atoms with Crippen molar-refractivity contribution in [3.05, 3.63) is 22.4 Å². The van der Waals surface area contributed by atoms with E-state index < -0.39 is 0 Å². The molecular weight excluding hydrogens is 280 g/mol. The van der Waals surface area contributed by atoms with Gasteiger partial charge in [0.1, 0.15) is 0 Å². The number of amides is 1. The van der Waals surface area contributed by atoms with Gasteiger partial charge in [0, 0.05) is 30.1 Å². The van der Waals surface area contributed by atoms with Crippen LogP contribution in [-0.4, -0.2) is 40.9 Å². The van der Waals surface area contributed by atoms with Gasteiger partial charge in [-0.1, -0.05) is 19.9 Å². The quantitative estimate of drug-likeness (QED) is 0.735. The standard InChI is InChI=1S/C17H26N2OS/c1-13(2)10-19(15-7-8-15)17(20)12-18(14-5-6-14)11-16-4-3-9-21-16/h3-4,9,13-15H,5-8,10-12H2,1-2H3. The zero-order valence-electron chi connectivity index (χ0n) is 13.1. The zero-order valence-corrected chi connectivity index (χ0v) is 13.9. The number of carbonyl (C=O) groups is 1. The third-order valence-electron chi connectivity index (χ3n) is 4.21. The Kier molecular flexibility index (Phi) is 4.65. The summed E-state index contributed by atoms with van der Waals surface area (Å²) in [4.78, 5) is 18.6. The lowest BCUT2D eigenvalue weighted by Crippen LogP contribution is -2.43. The highest BCUT2D eigenvalue weighted by Crippen LogP contribution is 2.31. The highest BCUT2D eigenvalue weighted by molar-refractivity contribution is 7.09. The van der Waals surface area contributed by atoms with E-state index in [1.54, 1.807) is 11.3 Å². The maximum atomic E-state index is 12.7. The van der Waals surface area contributed by atoms with Gasteiger partial charge in [0.2, 0.25) is 5.91 Å². The van der Waals surface area contributed by atoms with Gasteiger partial charge in [0.05, 0.1) is 6.54 Å². The van der Waals surface area contributed by atoms with Gasteiger partial charge in [0.25, 0.3) is 0 Å². The third-order valence-corrected chi connectivity index (χ3v) is 5.07. The summed E-state index contributed by atoms with van der Waals surface area (Å²) < 4.78 is 0. The van der Waals surface area contributed by atoms with Crippen molar-refractivity contribution in [2.24, 2.45) is 5.92 Å². The molecule has 2 fully saturated rings. The molecule has 0 unspecified atom stereocenters. The Morgan fingerprint density at radius 1 is 1.29 bits per heavy atom. The summed E-state index contributed by atoms with van der Waals surface area (Å²) in [6.07, 6.45) is 4.91. The molecule has 0 N–H and O–H groups in total. The van der Waals surface area contributed by atoms with Gasteiger partial charge in [-0.15, -0.1) is 11.3 Å². The fourth-order valence-electron chi connectivity index (χ4n) is 2.86. The molecule has 0 bridgehead atoms. The Balaban J connectivity index is 1.59. The van der Waals surface area contributed by atoms with Crippen molar-refractivity contribution in [2.75, 3.05) is 13.1 Å². The first-order valence-corrected chi connectivity index (χ1v) is 9.07. The Morgan fingerprint density at radius 3 is 2.52 bits per heavy atom. The second kappa shape index (κ2) is 6.49. The number of rotatable bonds is 8. The topological polar surface area (TPSA) is 23.6 Å². The van der Waals surface area contributed by atoms with Gasteiger partial charge in [-0.05, 0) is 43.0 Å². The van der Waals surface area contributed by atoms with Crippen molar-refractivity contribution in [1.82, 2.24) is 9.80 Å². The second-order valence-electron chi connectivity index (χ2n) is 6.89. The van der Waals surface area contributed by atoms with E-state index in [2.05, 4.69) is 41.2 Å². The summed E-state index contributed by atoms with van der Waals surface area (Å²) >= 11 is 1.79. The predicted molar refractivity (Wildman–Crippen MR) is 87.3 cm³/mol. The summed E-state index contributed by atoms with van der Waals surface area (Å²) in [5.74, 6) is 0.899. The fraction of sp³-hybridized carbons (Fsp3) is 0.706. The Hall–Kier alpha value is -0.870. The maximum Gasteiger partial charge on any atom is 0.237 e. The molecule has 0 spiro atoms. The van der Waals surface area contributed by atoms with Gasteiger partial charge in [-0.25, -0.2) is 0 Å². The van der Waals surface area contributed by atoms with Gasteiger partial charge in [-0.3, -0.25) is 9.69 Å². The first kappa shape index (κ1) is 15.0. The molecule has 0 radical (unpaired) electrons. The van der Waals surface area contributed by atoms with Crippen LogP contribution < -0.4 is 0 Å². The van der Waals surface area contributed by atoms with Crippen LogP contribution in [0.5, 0.6) is 0 Å². The van der Waals surface area contributed by atoms with Gasteiger partial charge >= 0.3 is 0 Å². The molecule has 2 aliphatic rings. The first-order chi connectivity index (χ1) is 10.1. The summed E-state index contributed by atoms with van der Waals surface area (Å²) in [5.41, 5.74) is 0. The molecule has 0 saturated heterocycles. The van der Waals surface area contributed by atoms with E-state index in [1.807, 2.05) is 0 Å². The summed E-state index contributed by atoms with van der Waals surface area (Å²) in [6, 6.07) is 5.44. The zero-order chi connectivity index (χ0) is 14.8. The highest BCUT2D eigenvalue weighted by Gasteiger charge is 2.36. The van der Waals surface area contributed by atoms with Crippen molar-refractivity contribution in [2.45, 2.75) is 58.2 Å². The van der Waals surface area contributed by atoms with Crippen molar-refractivity contribution in [1.29, 1.82) is 0 Å². The minimum atomic E-state index is 0.342. The van der Waals surface area contributed by atoms with Crippen LogP contribution in [0.4, 0.5) is 0 Å².